The number of nitro groups is 1. The number of halogens is 2. The predicted octanol–water partition coefficient (Wildman–Crippen LogP) is 5.90. The van der Waals surface area contributed by atoms with Crippen LogP contribution in [-0.2, 0) is 0 Å². The van der Waals surface area contributed by atoms with E-state index < -0.39 is 10.8 Å². The average molecular weight is 493 g/mol. The van der Waals surface area contributed by atoms with Crippen molar-refractivity contribution in [3.8, 4) is 11.3 Å². The van der Waals surface area contributed by atoms with Crippen LogP contribution >= 0.6 is 46.8 Å². The van der Waals surface area contributed by atoms with Crippen LogP contribution in [-0.4, -0.2) is 20.9 Å². The number of amides is 1. The Hall–Kier alpha value is -3.05. The van der Waals surface area contributed by atoms with Gasteiger partial charge in [-0.3, -0.25) is 20.2 Å². The summed E-state index contributed by atoms with van der Waals surface area (Å²) < 4.78 is 6.20. The van der Waals surface area contributed by atoms with Crippen LogP contribution in [0.4, 0.5) is 10.8 Å². The lowest BCUT2D eigenvalue weighted by molar-refractivity contribution is -0.384. The van der Waals surface area contributed by atoms with Gasteiger partial charge in [0.15, 0.2) is 16.0 Å². The summed E-state index contributed by atoms with van der Waals surface area (Å²) in [6, 6.07) is 12.4. The van der Waals surface area contributed by atoms with Crippen molar-refractivity contribution in [1.82, 2.24) is 10.3 Å². The van der Waals surface area contributed by atoms with E-state index in [-0.39, 0.29) is 16.6 Å². The molecule has 4 rings (SSSR count). The normalized spacial score (nSPS) is 10.8. The fraction of sp³-hybridized carbons (Fsp3) is 0. The van der Waals surface area contributed by atoms with Gasteiger partial charge in [0, 0.05) is 22.7 Å². The molecule has 0 radical (unpaired) electrons. The molecule has 156 valence electrons. The van der Waals surface area contributed by atoms with Crippen molar-refractivity contribution < 1.29 is 14.1 Å². The van der Waals surface area contributed by atoms with E-state index in [1.165, 1.54) is 29.5 Å². The molecule has 0 aliphatic rings. The largest absolute Gasteiger partial charge is 0.451 e. The highest BCUT2D eigenvalue weighted by molar-refractivity contribution is 7.80. The van der Waals surface area contributed by atoms with Gasteiger partial charge in [-0.2, -0.15) is 0 Å². The monoisotopic (exact) mass is 492 g/mol. The number of rotatable bonds is 4. The van der Waals surface area contributed by atoms with Gasteiger partial charge in [-0.25, -0.2) is 4.98 Å². The Morgan fingerprint density at radius 1 is 1.16 bits per heavy atom. The number of aromatic nitrogens is 1. The van der Waals surface area contributed by atoms with Crippen molar-refractivity contribution >= 4 is 78.8 Å². The van der Waals surface area contributed by atoms with E-state index in [4.69, 9.17) is 39.8 Å². The van der Waals surface area contributed by atoms with Crippen molar-refractivity contribution in [2.75, 3.05) is 5.32 Å². The molecular formula is C19H10Cl2N4O4S2. The lowest BCUT2D eigenvalue weighted by atomic mass is 10.2. The van der Waals surface area contributed by atoms with Gasteiger partial charge in [-0.05, 0) is 48.6 Å². The van der Waals surface area contributed by atoms with Gasteiger partial charge in [-0.1, -0.05) is 34.5 Å². The van der Waals surface area contributed by atoms with Crippen molar-refractivity contribution in [3.63, 3.8) is 0 Å². The number of thiazole rings is 1. The Kier molecular flexibility index (Phi) is 5.88. The number of nitrogens with one attached hydrogen (secondary N) is 2. The maximum Gasteiger partial charge on any atom is 0.293 e. The molecule has 2 heterocycles. The first-order valence-corrected chi connectivity index (χ1v) is 10.5. The minimum atomic E-state index is -0.564. The van der Waals surface area contributed by atoms with Gasteiger partial charge in [-0.15, -0.1) is 0 Å². The molecule has 0 fully saturated rings. The smallest absolute Gasteiger partial charge is 0.293 e. The van der Waals surface area contributed by atoms with Gasteiger partial charge in [0.25, 0.3) is 11.6 Å². The first kappa shape index (κ1) is 21.2. The number of benzene rings is 2. The fourth-order valence-electron chi connectivity index (χ4n) is 2.67. The summed E-state index contributed by atoms with van der Waals surface area (Å²) in [4.78, 5) is 27.1. The average Bonchev–Trinajstić information content (AvgIpc) is 3.33. The van der Waals surface area contributed by atoms with Crippen LogP contribution in [0.2, 0.25) is 10.0 Å². The molecule has 2 aromatic heterocycles. The Labute approximate surface area is 193 Å². The molecule has 0 spiro atoms. The number of carbonyl (C=O) groups is 1. The lowest BCUT2D eigenvalue weighted by Gasteiger charge is -2.05. The number of carbonyl (C=O) groups excluding carboxylic acids is 1. The number of hydrogen-bond acceptors (Lipinski definition) is 7. The van der Waals surface area contributed by atoms with E-state index in [1.807, 2.05) is 0 Å². The van der Waals surface area contributed by atoms with Crippen LogP contribution in [0, 0.1) is 10.1 Å². The number of fused-ring (bicyclic) bond motifs is 1. The van der Waals surface area contributed by atoms with Crippen LogP contribution in [0.25, 0.3) is 21.5 Å². The van der Waals surface area contributed by atoms with Crippen LogP contribution in [0.1, 0.15) is 10.6 Å². The first-order valence-electron chi connectivity index (χ1n) is 8.53. The van der Waals surface area contributed by atoms with E-state index >= 15 is 0 Å². The minimum absolute atomic E-state index is 0.000955. The van der Waals surface area contributed by atoms with Crippen molar-refractivity contribution in [2.24, 2.45) is 0 Å². The van der Waals surface area contributed by atoms with Gasteiger partial charge < -0.3 is 9.73 Å². The van der Waals surface area contributed by atoms with Gasteiger partial charge >= 0.3 is 0 Å². The highest BCUT2D eigenvalue weighted by atomic mass is 35.5. The van der Waals surface area contributed by atoms with Crippen LogP contribution < -0.4 is 10.6 Å². The molecule has 0 unspecified atom stereocenters. The SMILES string of the molecule is O=C(NC(=S)Nc1nc2ccc([N+](=O)[O-])cc2s1)c1ccc(-c2ccc(Cl)cc2Cl)o1. The first-order chi connectivity index (χ1) is 14.8. The van der Waals surface area contributed by atoms with Crippen molar-refractivity contribution in [1.29, 1.82) is 0 Å². The molecule has 0 bridgehead atoms. The second-order valence-electron chi connectivity index (χ2n) is 6.12. The number of hydrogen-bond donors (Lipinski definition) is 2. The van der Waals surface area contributed by atoms with E-state index in [9.17, 15) is 14.9 Å². The summed E-state index contributed by atoms with van der Waals surface area (Å²) in [6.45, 7) is 0. The molecule has 0 saturated heterocycles. The standard InChI is InChI=1S/C19H10Cl2N4O4S2/c20-9-1-3-11(12(21)7-9)14-5-6-15(29-14)17(26)23-18(30)24-19-22-13-4-2-10(25(27)28)8-16(13)31-19/h1-8H,(H2,22,23,24,26,30). The summed E-state index contributed by atoms with van der Waals surface area (Å²) in [7, 11) is 0. The number of nitrogens with zero attached hydrogens (tertiary/aromatic N) is 2. The van der Waals surface area contributed by atoms with Gasteiger partial charge in [0.2, 0.25) is 0 Å². The molecular weight excluding hydrogens is 483 g/mol. The second-order valence-corrected chi connectivity index (χ2v) is 8.41. The van der Waals surface area contributed by atoms with E-state index in [0.29, 0.717) is 36.7 Å². The Morgan fingerprint density at radius 2 is 1.97 bits per heavy atom. The van der Waals surface area contributed by atoms with E-state index in [2.05, 4.69) is 15.6 Å². The van der Waals surface area contributed by atoms with Crippen molar-refractivity contribution in [3.05, 3.63) is 74.5 Å². The van der Waals surface area contributed by atoms with Crippen LogP contribution in [0.5, 0.6) is 0 Å². The number of non-ortho nitro benzene ring substituents is 1. The third-order valence-corrected chi connectivity index (χ3v) is 5.74. The number of thiocarbonyl (C=S) groups is 1. The maximum absolute atomic E-state index is 12.4. The van der Waals surface area contributed by atoms with E-state index in [1.54, 1.807) is 30.3 Å². The highest BCUT2D eigenvalue weighted by Crippen LogP contribution is 2.32. The third-order valence-electron chi connectivity index (χ3n) is 4.06. The Balaban J connectivity index is 1.44. The summed E-state index contributed by atoms with van der Waals surface area (Å²) in [5, 5.41) is 17.4. The zero-order valence-electron chi connectivity index (χ0n) is 15.2. The highest BCUT2D eigenvalue weighted by Gasteiger charge is 2.16. The van der Waals surface area contributed by atoms with Crippen LogP contribution in [0.3, 0.4) is 0 Å². The summed E-state index contributed by atoms with van der Waals surface area (Å²) in [5.41, 5.74) is 1.13. The Morgan fingerprint density at radius 3 is 2.71 bits per heavy atom. The van der Waals surface area contributed by atoms with Gasteiger partial charge in [0.05, 0.1) is 20.2 Å². The Bertz CT molecular complexity index is 1350. The fourth-order valence-corrected chi connectivity index (χ4v) is 4.33. The molecule has 8 nitrogen and oxygen atoms in total. The number of anilines is 1. The van der Waals surface area contributed by atoms with Gasteiger partial charge in [0.1, 0.15) is 5.76 Å². The second kappa shape index (κ2) is 8.60. The number of furan rings is 1. The number of nitro benzene ring substituents is 1. The molecule has 0 saturated carbocycles. The molecule has 4 aromatic rings. The molecule has 0 atom stereocenters. The quantitative estimate of drug-likeness (QED) is 0.207. The van der Waals surface area contributed by atoms with E-state index in [0.717, 1.165) is 0 Å². The molecule has 0 aliphatic carbocycles. The molecule has 2 aromatic carbocycles. The lowest BCUT2D eigenvalue weighted by Crippen LogP contribution is -2.33. The summed E-state index contributed by atoms with van der Waals surface area (Å²) in [5.74, 6) is -0.130. The molecule has 1 amide bonds. The molecule has 12 heteroatoms. The molecule has 31 heavy (non-hydrogen) atoms. The minimum Gasteiger partial charge on any atom is -0.451 e. The zero-order chi connectivity index (χ0) is 22.1. The van der Waals surface area contributed by atoms with Crippen LogP contribution in [0.15, 0.2) is 52.9 Å². The van der Waals surface area contributed by atoms with Crippen molar-refractivity contribution in [2.45, 2.75) is 0 Å². The predicted molar refractivity (Wildman–Crippen MR) is 124 cm³/mol. The topological polar surface area (TPSA) is 110 Å². The summed E-state index contributed by atoms with van der Waals surface area (Å²) >= 11 is 18.4. The zero-order valence-corrected chi connectivity index (χ0v) is 18.4. The molecule has 0 aliphatic heterocycles. The molecule has 2 N–H and O–H groups in total. The third kappa shape index (κ3) is 4.67. The maximum atomic E-state index is 12.4. The summed E-state index contributed by atoms with van der Waals surface area (Å²) in [6.07, 6.45) is 0.